The lowest BCUT2D eigenvalue weighted by Gasteiger charge is -2.16. The summed E-state index contributed by atoms with van der Waals surface area (Å²) in [5.41, 5.74) is 4.03. The first-order valence-corrected chi connectivity index (χ1v) is 9.44. The first-order chi connectivity index (χ1) is 14.3. The van der Waals surface area contributed by atoms with Crippen LogP contribution in [-0.4, -0.2) is 27.8 Å². The van der Waals surface area contributed by atoms with E-state index in [1.807, 2.05) is 6.92 Å². The van der Waals surface area contributed by atoms with Gasteiger partial charge in [0.1, 0.15) is 0 Å². The highest BCUT2D eigenvalue weighted by Gasteiger charge is 2.23. The normalized spacial score (nSPS) is 11.4. The second-order valence-corrected chi connectivity index (χ2v) is 6.91. The number of aromatic nitrogens is 2. The molecule has 7 nitrogen and oxygen atoms in total. The molecule has 0 saturated heterocycles. The fraction of sp³-hybridized carbons (Fsp3) is 0.217. The number of hydrogen-bond donors (Lipinski definition) is 1. The maximum absolute atomic E-state index is 12.8. The van der Waals surface area contributed by atoms with Gasteiger partial charge in [-0.15, -0.1) is 0 Å². The van der Waals surface area contributed by atoms with Crippen LogP contribution in [0.3, 0.4) is 0 Å². The Hall–Kier alpha value is -3.92. The SMILES string of the molecule is Cc1nn(C)c(C)c1NC(=O)[C@H](C)OC(=O)c1ccccc1-c1ccccc1C#N. The van der Waals surface area contributed by atoms with Crippen molar-refractivity contribution in [3.05, 3.63) is 71.0 Å². The number of hydrogen-bond acceptors (Lipinski definition) is 5. The highest BCUT2D eigenvalue weighted by Crippen LogP contribution is 2.27. The topological polar surface area (TPSA) is 97.0 Å². The molecular weight excluding hydrogens is 380 g/mol. The van der Waals surface area contributed by atoms with E-state index in [0.717, 1.165) is 5.69 Å². The Morgan fingerprint density at radius 3 is 2.37 bits per heavy atom. The van der Waals surface area contributed by atoms with Gasteiger partial charge >= 0.3 is 5.97 Å². The molecular formula is C23H22N4O3. The largest absolute Gasteiger partial charge is 0.449 e. The van der Waals surface area contributed by atoms with E-state index in [1.54, 1.807) is 67.2 Å². The van der Waals surface area contributed by atoms with E-state index >= 15 is 0 Å². The Balaban J connectivity index is 1.81. The summed E-state index contributed by atoms with van der Waals surface area (Å²) in [6.45, 7) is 5.15. The van der Waals surface area contributed by atoms with Gasteiger partial charge < -0.3 is 10.1 Å². The summed E-state index contributed by atoms with van der Waals surface area (Å²) < 4.78 is 7.10. The lowest BCUT2D eigenvalue weighted by atomic mass is 9.96. The minimum Gasteiger partial charge on any atom is -0.449 e. The average molecular weight is 402 g/mol. The van der Waals surface area contributed by atoms with E-state index in [-0.39, 0.29) is 5.56 Å². The number of anilines is 1. The van der Waals surface area contributed by atoms with E-state index in [9.17, 15) is 14.9 Å². The van der Waals surface area contributed by atoms with Crippen LogP contribution in [0.4, 0.5) is 5.69 Å². The molecule has 7 heteroatoms. The van der Waals surface area contributed by atoms with Gasteiger partial charge in [0.2, 0.25) is 0 Å². The van der Waals surface area contributed by atoms with Gasteiger partial charge in [0.05, 0.1) is 34.3 Å². The Kier molecular flexibility index (Phi) is 5.98. The zero-order valence-corrected chi connectivity index (χ0v) is 17.3. The molecule has 0 aliphatic carbocycles. The molecule has 0 radical (unpaired) electrons. The van der Waals surface area contributed by atoms with Gasteiger partial charge in [-0.2, -0.15) is 10.4 Å². The molecule has 1 heterocycles. The third-order valence-corrected chi connectivity index (χ3v) is 4.89. The molecule has 152 valence electrons. The maximum atomic E-state index is 12.8. The van der Waals surface area contributed by atoms with Crippen LogP contribution >= 0.6 is 0 Å². The quantitative estimate of drug-likeness (QED) is 0.656. The van der Waals surface area contributed by atoms with Crippen LogP contribution in [0.1, 0.15) is 34.2 Å². The van der Waals surface area contributed by atoms with Gasteiger partial charge in [-0.3, -0.25) is 9.48 Å². The number of nitrogens with zero attached hydrogens (tertiary/aromatic N) is 3. The zero-order valence-electron chi connectivity index (χ0n) is 17.3. The van der Waals surface area contributed by atoms with Crippen molar-refractivity contribution < 1.29 is 14.3 Å². The number of carbonyl (C=O) groups excluding carboxylic acids is 2. The number of benzene rings is 2. The van der Waals surface area contributed by atoms with Gasteiger partial charge in [-0.1, -0.05) is 36.4 Å². The Morgan fingerprint density at radius 1 is 1.10 bits per heavy atom. The Labute approximate surface area is 174 Å². The number of nitrogens with one attached hydrogen (secondary N) is 1. The van der Waals surface area contributed by atoms with Crippen LogP contribution in [0.5, 0.6) is 0 Å². The molecule has 1 aromatic heterocycles. The number of aryl methyl sites for hydroxylation is 2. The predicted molar refractivity (Wildman–Crippen MR) is 113 cm³/mol. The van der Waals surface area contributed by atoms with Crippen LogP contribution in [-0.2, 0) is 16.6 Å². The van der Waals surface area contributed by atoms with Gasteiger partial charge in [-0.25, -0.2) is 4.79 Å². The summed E-state index contributed by atoms with van der Waals surface area (Å²) in [5, 5.41) is 16.4. The molecule has 0 aliphatic heterocycles. The van der Waals surface area contributed by atoms with Gasteiger partial charge in [-0.05, 0) is 38.5 Å². The third kappa shape index (κ3) is 4.08. The van der Waals surface area contributed by atoms with Crippen molar-refractivity contribution in [1.29, 1.82) is 5.26 Å². The highest BCUT2D eigenvalue weighted by molar-refractivity contribution is 6.01. The second kappa shape index (κ2) is 8.62. The van der Waals surface area contributed by atoms with E-state index in [4.69, 9.17) is 4.74 Å². The summed E-state index contributed by atoms with van der Waals surface area (Å²) in [4.78, 5) is 25.4. The van der Waals surface area contributed by atoms with Crippen molar-refractivity contribution in [2.45, 2.75) is 26.9 Å². The number of ether oxygens (including phenoxy) is 1. The first-order valence-electron chi connectivity index (χ1n) is 9.44. The van der Waals surface area contributed by atoms with E-state index in [1.165, 1.54) is 6.92 Å². The summed E-state index contributed by atoms with van der Waals surface area (Å²) >= 11 is 0. The lowest BCUT2D eigenvalue weighted by molar-refractivity contribution is -0.123. The molecule has 0 saturated carbocycles. The molecule has 0 fully saturated rings. The van der Waals surface area contributed by atoms with Gasteiger partial charge in [0.15, 0.2) is 6.10 Å². The van der Waals surface area contributed by atoms with Gasteiger partial charge in [0.25, 0.3) is 5.91 Å². The number of amides is 1. The van der Waals surface area contributed by atoms with E-state index in [0.29, 0.717) is 28.1 Å². The van der Waals surface area contributed by atoms with E-state index < -0.39 is 18.0 Å². The molecule has 0 unspecified atom stereocenters. The molecule has 3 aromatic rings. The van der Waals surface area contributed by atoms with Crippen LogP contribution in [0.25, 0.3) is 11.1 Å². The highest BCUT2D eigenvalue weighted by atomic mass is 16.5. The van der Waals surface area contributed by atoms with Crippen molar-refractivity contribution in [1.82, 2.24) is 9.78 Å². The molecule has 0 bridgehead atoms. The van der Waals surface area contributed by atoms with Crippen molar-refractivity contribution in [2.75, 3.05) is 5.32 Å². The average Bonchev–Trinajstić information content (AvgIpc) is 2.99. The molecule has 1 amide bonds. The summed E-state index contributed by atoms with van der Waals surface area (Å²) in [5.74, 6) is -1.09. The molecule has 1 atom stereocenters. The van der Waals surface area contributed by atoms with Crippen molar-refractivity contribution in [3.63, 3.8) is 0 Å². The smallest absolute Gasteiger partial charge is 0.339 e. The van der Waals surface area contributed by atoms with Crippen molar-refractivity contribution in [3.8, 4) is 17.2 Å². The molecule has 0 aliphatic rings. The summed E-state index contributed by atoms with van der Waals surface area (Å²) in [6, 6.07) is 16.0. The third-order valence-electron chi connectivity index (χ3n) is 4.89. The fourth-order valence-corrected chi connectivity index (χ4v) is 3.17. The predicted octanol–water partition coefficient (Wildman–Crippen LogP) is 3.76. The monoisotopic (exact) mass is 402 g/mol. The van der Waals surface area contributed by atoms with E-state index in [2.05, 4.69) is 16.5 Å². The minimum atomic E-state index is -1.02. The number of nitriles is 1. The fourth-order valence-electron chi connectivity index (χ4n) is 3.17. The molecule has 3 rings (SSSR count). The summed E-state index contributed by atoms with van der Waals surface area (Å²) in [6.07, 6.45) is -1.02. The standard InChI is InChI=1S/C23H22N4O3/c1-14-21(15(2)27(4)26-14)25-22(28)16(3)30-23(29)20-12-8-7-11-19(20)18-10-6-5-9-17(18)13-24/h5-12,16H,1-4H3,(H,25,28)/t16-/m0/s1. The maximum Gasteiger partial charge on any atom is 0.339 e. The Bertz CT molecular complexity index is 1160. The molecule has 2 aromatic carbocycles. The molecule has 0 spiro atoms. The van der Waals surface area contributed by atoms with Crippen LogP contribution in [0.15, 0.2) is 48.5 Å². The van der Waals surface area contributed by atoms with Gasteiger partial charge in [0, 0.05) is 12.6 Å². The number of carbonyl (C=O) groups is 2. The minimum absolute atomic E-state index is 0.286. The second-order valence-electron chi connectivity index (χ2n) is 6.91. The van der Waals surface area contributed by atoms with Crippen LogP contribution in [0, 0.1) is 25.2 Å². The van der Waals surface area contributed by atoms with Crippen LogP contribution in [0.2, 0.25) is 0 Å². The van der Waals surface area contributed by atoms with Crippen LogP contribution < -0.4 is 5.32 Å². The first kappa shape index (κ1) is 20.8. The van der Waals surface area contributed by atoms with Crippen molar-refractivity contribution >= 4 is 17.6 Å². The lowest BCUT2D eigenvalue weighted by Crippen LogP contribution is -2.30. The zero-order chi connectivity index (χ0) is 21.8. The Morgan fingerprint density at radius 2 is 1.73 bits per heavy atom. The summed E-state index contributed by atoms with van der Waals surface area (Å²) in [7, 11) is 1.79. The van der Waals surface area contributed by atoms with Crippen molar-refractivity contribution in [2.24, 2.45) is 7.05 Å². The molecule has 1 N–H and O–H groups in total. The number of rotatable bonds is 5. The molecule has 30 heavy (non-hydrogen) atoms. The number of esters is 1.